The molecule has 104 valence electrons. The maximum Gasteiger partial charge on any atom is 0.255 e. The van der Waals surface area contributed by atoms with Gasteiger partial charge in [0.25, 0.3) is 5.91 Å². The number of hydrogen-bond acceptors (Lipinski definition) is 3. The van der Waals surface area contributed by atoms with Gasteiger partial charge in [-0.2, -0.15) is 0 Å². The largest absolute Gasteiger partial charge is 0.322 e. The second kappa shape index (κ2) is 6.63. The van der Waals surface area contributed by atoms with Crippen molar-refractivity contribution in [1.82, 2.24) is 10.3 Å². The highest BCUT2D eigenvalue weighted by Gasteiger charge is 2.08. The molecule has 0 bridgehead atoms. The number of rotatable bonds is 4. The first-order valence-electron chi connectivity index (χ1n) is 6.27. The van der Waals surface area contributed by atoms with E-state index in [-0.39, 0.29) is 5.91 Å². The van der Waals surface area contributed by atoms with Crippen LogP contribution in [0.15, 0.2) is 41.0 Å². The van der Waals surface area contributed by atoms with Crippen molar-refractivity contribution in [1.29, 1.82) is 0 Å². The molecule has 0 saturated carbocycles. The topological polar surface area (TPSA) is 54.0 Å². The fraction of sp³-hybridized carbons (Fsp3) is 0.200. The Hall–Kier alpha value is -1.72. The van der Waals surface area contributed by atoms with Crippen molar-refractivity contribution >= 4 is 27.5 Å². The van der Waals surface area contributed by atoms with Crippen molar-refractivity contribution in [3.05, 3.63) is 57.8 Å². The van der Waals surface area contributed by atoms with Gasteiger partial charge in [0.05, 0.1) is 5.69 Å². The lowest BCUT2D eigenvalue weighted by molar-refractivity contribution is 0.102. The SMILES string of the molecule is CNCc1cc(C(=O)Nc2ccc(Br)c(C)c2)ccn1. The molecule has 5 heteroatoms. The summed E-state index contributed by atoms with van der Waals surface area (Å²) in [5.74, 6) is -0.133. The number of benzene rings is 1. The van der Waals surface area contributed by atoms with Gasteiger partial charge in [-0.15, -0.1) is 0 Å². The molecule has 4 nitrogen and oxygen atoms in total. The molecule has 0 aliphatic heterocycles. The first-order chi connectivity index (χ1) is 9.60. The minimum atomic E-state index is -0.133. The van der Waals surface area contributed by atoms with Crippen molar-refractivity contribution in [2.75, 3.05) is 12.4 Å². The number of pyridine rings is 1. The maximum atomic E-state index is 12.2. The van der Waals surface area contributed by atoms with Gasteiger partial charge in [0.2, 0.25) is 0 Å². The highest BCUT2D eigenvalue weighted by Crippen LogP contribution is 2.20. The van der Waals surface area contributed by atoms with E-state index in [0.717, 1.165) is 21.4 Å². The highest BCUT2D eigenvalue weighted by atomic mass is 79.9. The molecule has 1 aromatic heterocycles. The summed E-state index contributed by atoms with van der Waals surface area (Å²) in [6.07, 6.45) is 1.65. The molecule has 20 heavy (non-hydrogen) atoms. The second-order valence-corrected chi connectivity index (χ2v) is 5.34. The smallest absolute Gasteiger partial charge is 0.255 e. The van der Waals surface area contributed by atoms with Gasteiger partial charge in [0, 0.05) is 28.5 Å². The molecule has 0 aliphatic carbocycles. The number of carbonyl (C=O) groups is 1. The van der Waals surface area contributed by atoms with Crippen LogP contribution in [0.1, 0.15) is 21.6 Å². The number of nitrogens with zero attached hydrogens (tertiary/aromatic N) is 1. The van der Waals surface area contributed by atoms with E-state index in [0.29, 0.717) is 12.1 Å². The Morgan fingerprint density at radius 1 is 1.30 bits per heavy atom. The van der Waals surface area contributed by atoms with E-state index in [2.05, 4.69) is 31.5 Å². The molecule has 1 aromatic carbocycles. The molecule has 2 rings (SSSR count). The van der Waals surface area contributed by atoms with Gasteiger partial charge >= 0.3 is 0 Å². The van der Waals surface area contributed by atoms with E-state index >= 15 is 0 Å². The van der Waals surface area contributed by atoms with Crippen LogP contribution in [0.2, 0.25) is 0 Å². The van der Waals surface area contributed by atoms with Crippen molar-refractivity contribution in [3.8, 4) is 0 Å². The molecular formula is C15H16BrN3O. The number of aromatic nitrogens is 1. The summed E-state index contributed by atoms with van der Waals surface area (Å²) in [4.78, 5) is 16.4. The number of aryl methyl sites for hydroxylation is 1. The molecule has 0 atom stereocenters. The normalized spacial score (nSPS) is 10.3. The van der Waals surface area contributed by atoms with Gasteiger partial charge in [0.15, 0.2) is 0 Å². The van der Waals surface area contributed by atoms with Crippen molar-refractivity contribution in [2.45, 2.75) is 13.5 Å². The highest BCUT2D eigenvalue weighted by molar-refractivity contribution is 9.10. The number of carbonyl (C=O) groups excluding carboxylic acids is 1. The maximum absolute atomic E-state index is 12.2. The van der Waals surface area contributed by atoms with Crippen molar-refractivity contribution in [2.24, 2.45) is 0 Å². The monoisotopic (exact) mass is 333 g/mol. The fourth-order valence-corrected chi connectivity index (χ4v) is 2.07. The molecule has 2 N–H and O–H groups in total. The Morgan fingerprint density at radius 3 is 2.80 bits per heavy atom. The molecule has 0 saturated heterocycles. The van der Waals surface area contributed by atoms with Gasteiger partial charge < -0.3 is 10.6 Å². The van der Waals surface area contributed by atoms with E-state index in [1.54, 1.807) is 18.3 Å². The summed E-state index contributed by atoms with van der Waals surface area (Å²) >= 11 is 3.44. The summed E-state index contributed by atoms with van der Waals surface area (Å²) in [6, 6.07) is 9.21. The summed E-state index contributed by atoms with van der Waals surface area (Å²) < 4.78 is 1.02. The Bertz CT molecular complexity index is 628. The third-order valence-corrected chi connectivity index (χ3v) is 3.74. The average molecular weight is 334 g/mol. The van der Waals surface area contributed by atoms with Crippen LogP contribution in [0.25, 0.3) is 0 Å². The van der Waals surface area contributed by atoms with Crippen LogP contribution in [0.3, 0.4) is 0 Å². The van der Waals surface area contributed by atoms with Crippen LogP contribution in [0, 0.1) is 6.92 Å². The lowest BCUT2D eigenvalue weighted by atomic mass is 10.2. The molecule has 0 unspecified atom stereocenters. The third kappa shape index (κ3) is 3.65. The minimum Gasteiger partial charge on any atom is -0.322 e. The van der Waals surface area contributed by atoms with E-state index in [9.17, 15) is 4.79 Å². The number of anilines is 1. The van der Waals surface area contributed by atoms with E-state index in [4.69, 9.17) is 0 Å². The summed E-state index contributed by atoms with van der Waals surface area (Å²) in [5, 5.41) is 5.90. The zero-order chi connectivity index (χ0) is 14.5. The number of amides is 1. The molecular weight excluding hydrogens is 318 g/mol. The van der Waals surface area contributed by atoms with E-state index in [1.165, 1.54) is 0 Å². The van der Waals surface area contributed by atoms with Gasteiger partial charge in [0.1, 0.15) is 0 Å². The number of hydrogen-bond donors (Lipinski definition) is 2. The lowest BCUT2D eigenvalue weighted by Gasteiger charge is -2.08. The summed E-state index contributed by atoms with van der Waals surface area (Å²) in [5.41, 5.74) is 3.30. The van der Waals surface area contributed by atoms with Crippen LogP contribution >= 0.6 is 15.9 Å². The molecule has 1 heterocycles. The Balaban J connectivity index is 2.15. The molecule has 0 spiro atoms. The number of halogens is 1. The predicted octanol–water partition coefficient (Wildman–Crippen LogP) is 3.12. The lowest BCUT2D eigenvalue weighted by Crippen LogP contribution is -2.14. The van der Waals surface area contributed by atoms with Crippen LogP contribution in [-0.4, -0.2) is 17.9 Å². The van der Waals surface area contributed by atoms with Crippen LogP contribution in [-0.2, 0) is 6.54 Å². The predicted molar refractivity (Wildman–Crippen MR) is 83.8 cm³/mol. The van der Waals surface area contributed by atoms with Crippen molar-refractivity contribution < 1.29 is 4.79 Å². The van der Waals surface area contributed by atoms with Crippen LogP contribution in [0.5, 0.6) is 0 Å². The number of nitrogens with one attached hydrogen (secondary N) is 2. The van der Waals surface area contributed by atoms with Crippen LogP contribution in [0.4, 0.5) is 5.69 Å². The van der Waals surface area contributed by atoms with E-state index in [1.807, 2.05) is 32.2 Å². The quantitative estimate of drug-likeness (QED) is 0.903. The minimum absolute atomic E-state index is 0.133. The average Bonchev–Trinajstić information content (AvgIpc) is 2.43. The Labute approximate surface area is 126 Å². The molecule has 0 aliphatic rings. The standard InChI is InChI=1S/C15H16BrN3O/c1-10-7-12(3-4-14(10)16)19-15(20)11-5-6-18-13(8-11)9-17-2/h3-8,17H,9H2,1-2H3,(H,19,20). The fourth-order valence-electron chi connectivity index (χ4n) is 1.82. The first kappa shape index (κ1) is 14.7. The molecule has 2 aromatic rings. The molecule has 0 fully saturated rings. The first-order valence-corrected chi connectivity index (χ1v) is 7.06. The van der Waals surface area contributed by atoms with Crippen molar-refractivity contribution in [3.63, 3.8) is 0 Å². The summed E-state index contributed by atoms with van der Waals surface area (Å²) in [7, 11) is 1.85. The zero-order valence-electron chi connectivity index (χ0n) is 11.4. The third-order valence-electron chi connectivity index (χ3n) is 2.85. The van der Waals surface area contributed by atoms with E-state index < -0.39 is 0 Å². The molecule has 0 radical (unpaired) electrons. The summed E-state index contributed by atoms with van der Waals surface area (Å²) in [6.45, 7) is 2.62. The Kier molecular flexibility index (Phi) is 4.87. The zero-order valence-corrected chi connectivity index (χ0v) is 13.0. The Morgan fingerprint density at radius 2 is 2.10 bits per heavy atom. The van der Waals surface area contributed by atoms with Crippen LogP contribution < -0.4 is 10.6 Å². The second-order valence-electron chi connectivity index (χ2n) is 4.48. The molecule has 1 amide bonds. The van der Waals surface area contributed by atoms with Gasteiger partial charge in [-0.05, 0) is 49.9 Å². The van der Waals surface area contributed by atoms with Gasteiger partial charge in [-0.25, -0.2) is 0 Å². The van der Waals surface area contributed by atoms with Gasteiger partial charge in [-0.3, -0.25) is 9.78 Å². The van der Waals surface area contributed by atoms with Gasteiger partial charge in [-0.1, -0.05) is 15.9 Å².